The van der Waals surface area contributed by atoms with Gasteiger partial charge in [0.25, 0.3) is 0 Å². The molecule has 3 aromatic rings. The van der Waals surface area contributed by atoms with Crippen molar-refractivity contribution in [3.05, 3.63) is 105 Å². The van der Waals surface area contributed by atoms with Crippen LogP contribution < -0.4 is 0 Å². The first kappa shape index (κ1) is 20.1. The standard InChI is InChI=1S/C23H18Cl2O3/c1-14-6-10-16(11-7-14)21(26)22(17-12-8-15(2)9-13-17)28-23(27)20-18(24)4-3-5-19(20)25/h3-13,22H,1-2H3/t22-/m1/s1. The zero-order valence-corrected chi connectivity index (χ0v) is 16.9. The lowest BCUT2D eigenvalue weighted by atomic mass is 9.98. The highest BCUT2D eigenvalue weighted by Gasteiger charge is 2.28. The van der Waals surface area contributed by atoms with Crippen molar-refractivity contribution in [2.75, 3.05) is 0 Å². The average Bonchev–Trinajstić information content (AvgIpc) is 2.67. The van der Waals surface area contributed by atoms with Crippen molar-refractivity contribution >= 4 is 35.0 Å². The van der Waals surface area contributed by atoms with Crippen LogP contribution in [0.15, 0.2) is 66.7 Å². The number of Topliss-reactive ketones (excluding diaryl/α,β-unsaturated/α-hetero) is 1. The minimum absolute atomic E-state index is 0.0413. The Hall–Kier alpha value is -2.62. The maximum atomic E-state index is 13.1. The molecule has 3 aromatic carbocycles. The van der Waals surface area contributed by atoms with Crippen LogP contribution in [-0.4, -0.2) is 11.8 Å². The Kier molecular flexibility index (Phi) is 6.18. The summed E-state index contributed by atoms with van der Waals surface area (Å²) in [6.07, 6.45) is -1.11. The second kappa shape index (κ2) is 8.59. The summed E-state index contributed by atoms with van der Waals surface area (Å²) in [7, 11) is 0. The predicted octanol–water partition coefficient (Wildman–Crippen LogP) is 6.39. The Bertz CT molecular complexity index is 989. The van der Waals surface area contributed by atoms with E-state index in [1.54, 1.807) is 42.5 Å². The monoisotopic (exact) mass is 412 g/mol. The van der Waals surface area contributed by atoms with Crippen LogP contribution in [0.25, 0.3) is 0 Å². The van der Waals surface area contributed by atoms with Crippen molar-refractivity contribution in [3.63, 3.8) is 0 Å². The van der Waals surface area contributed by atoms with Gasteiger partial charge in [-0.25, -0.2) is 4.79 Å². The first-order chi connectivity index (χ1) is 13.4. The second-order valence-electron chi connectivity index (χ2n) is 6.52. The summed E-state index contributed by atoms with van der Waals surface area (Å²) >= 11 is 12.2. The molecule has 142 valence electrons. The highest BCUT2D eigenvalue weighted by molar-refractivity contribution is 6.39. The molecule has 0 saturated heterocycles. The molecule has 3 rings (SSSR count). The van der Waals surface area contributed by atoms with Gasteiger partial charge in [-0.1, -0.05) is 88.9 Å². The summed E-state index contributed by atoms with van der Waals surface area (Å²) in [5.41, 5.74) is 3.13. The molecule has 1 atom stereocenters. The number of hydrogen-bond acceptors (Lipinski definition) is 3. The van der Waals surface area contributed by atoms with Gasteiger partial charge in [0, 0.05) is 11.1 Å². The summed E-state index contributed by atoms with van der Waals surface area (Å²) < 4.78 is 5.61. The molecule has 0 heterocycles. The third-order valence-electron chi connectivity index (χ3n) is 4.35. The number of carbonyl (C=O) groups is 2. The average molecular weight is 413 g/mol. The lowest BCUT2D eigenvalue weighted by Gasteiger charge is -2.18. The van der Waals surface area contributed by atoms with E-state index in [1.807, 2.05) is 38.1 Å². The third-order valence-corrected chi connectivity index (χ3v) is 4.98. The first-order valence-electron chi connectivity index (χ1n) is 8.69. The van der Waals surface area contributed by atoms with Gasteiger partial charge in [-0.2, -0.15) is 0 Å². The molecule has 0 aromatic heterocycles. The molecule has 0 aliphatic heterocycles. The number of ether oxygens (including phenoxy) is 1. The van der Waals surface area contributed by atoms with Gasteiger partial charge in [0.1, 0.15) is 0 Å². The second-order valence-corrected chi connectivity index (χ2v) is 7.34. The van der Waals surface area contributed by atoms with E-state index in [1.165, 1.54) is 0 Å². The lowest BCUT2D eigenvalue weighted by molar-refractivity contribution is 0.0280. The fraction of sp³-hybridized carbons (Fsp3) is 0.130. The molecule has 0 aliphatic carbocycles. The smallest absolute Gasteiger partial charge is 0.342 e. The Morgan fingerprint density at radius 2 is 1.29 bits per heavy atom. The molecule has 28 heavy (non-hydrogen) atoms. The molecule has 0 bridgehead atoms. The SMILES string of the molecule is Cc1ccc(C(=O)[C@H](OC(=O)c2c(Cl)cccc2Cl)c2ccc(C)cc2)cc1. The van der Waals surface area contributed by atoms with E-state index in [2.05, 4.69) is 0 Å². The van der Waals surface area contributed by atoms with Gasteiger partial charge in [-0.05, 0) is 26.0 Å². The molecule has 3 nitrogen and oxygen atoms in total. The molecule has 0 fully saturated rings. The molecule has 0 amide bonds. The molecular formula is C23H18Cl2O3. The summed E-state index contributed by atoms with van der Waals surface area (Å²) in [6, 6.07) is 19.1. The largest absolute Gasteiger partial charge is 0.445 e. The molecular weight excluding hydrogens is 395 g/mol. The maximum Gasteiger partial charge on any atom is 0.342 e. The van der Waals surface area contributed by atoms with Crippen molar-refractivity contribution < 1.29 is 14.3 Å². The summed E-state index contributed by atoms with van der Waals surface area (Å²) in [4.78, 5) is 25.9. The zero-order chi connectivity index (χ0) is 20.3. The van der Waals surface area contributed by atoms with Gasteiger partial charge in [-0.3, -0.25) is 4.79 Å². The Morgan fingerprint density at radius 1 is 0.786 bits per heavy atom. The number of carbonyl (C=O) groups excluding carboxylic acids is 2. The highest BCUT2D eigenvalue weighted by Crippen LogP contribution is 2.29. The minimum atomic E-state index is -1.11. The predicted molar refractivity (Wildman–Crippen MR) is 111 cm³/mol. The number of aryl methyl sites for hydroxylation is 2. The zero-order valence-electron chi connectivity index (χ0n) is 15.4. The Balaban J connectivity index is 1.99. The number of halogens is 2. The van der Waals surface area contributed by atoms with E-state index < -0.39 is 12.1 Å². The van der Waals surface area contributed by atoms with Crippen molar-refractivity contribution in [3.8, 4) is 0 Å². The van der Waals surface area contributed by atoms with Crippen molar-refractivity contribution in [2.24, 2.45) is 0 Å². The first-order valence-corrected chi connectivity index (χ1v) is 9.45. The number of ketones is 1. The van der Waals surface area contributed by atoms with E-state index in [4.69, 9.17) is 27.9 Å². The van der Waals surface area contributed by atoms with Gasteiger partial charge in [0.15, 0.2) is 6.10 Å². The maximum absolute atomic E-state index is 13.1. The quantitative estimate of drug-likeness (QED) is 0.360. The van der Waals surface area contributed by atoms with Gasteiger partial charge in [0.05, 0.1) is 15.6 Å². The number of rotatable bonds is 5. The van der Waals surface area contributed by atoms with Gasteiger partial charge in [0.2, 0.25) is 5.78 Å². The number of esters is 1. The van der Waals surface area contributed by atoms with Crippen LogP contribution in [0.1, 0.15) is 43.5 Å². The van der Waals surface area contributed by atoms with Crippen molar-refractivity contribution in [2.45, 2.75) is 20.0 Å². The summed E-state index contributed by atoms with van der Waals surface area (Å²) in [5.74, 6) is -1.07. The normalized spacial score (nSPS) is 11.7. The summed E-state index contributed by atoms with van der Waals surface area (Å²) in [6.45, 7) is 3.88. The van der Waals surface area contributed by atoms with Crippen LogP contribution in [0.4, 0.5) is 0 Å². The van der Waals surface area contributed by atoms with Crippen LogP contribution >= 0.6 is 23.2 Å². The van der Waals surface area contributed by atoms with Crippen LogP contribution in [0.2, 0.25) is 10.0 Å². The molecule has 0 unspecified atom stereocenters. The van der Waals surface area contributed by atoms with Crippen molar-refractivity contribution in [1.29, 1.82) is 0 Å². The summed E-state index contributed by atoms with van der Waals surface area (Å²) in [5, 5.41) is 0.339. The van der Waals surface area contributed by atoms with E-state index in [0.717, 1.165) is 11.1 Å². The van der Waals surface area contributed by atoms with Gasteiger partial charge >= 0.3 is 5.97 Å². The van der Waals surface area contributed by atoms with Crippen LogP contribution in [-0.2, 0) is 4.74 Å². The fourth-order valence-electron chi connectivity index (χ4n) is 2.74. The van der Waals surface area contributed by atoms with Crippen LogP contribution in [0, 0.1) is 13.8 Å². The van der Waals surface area contributed by atoms with E-state index in [9.17, 15) is 9.59 Å². The minimum Gasteiger partial charge on any atom is -0.445 e. The Labute approximate surface area is 173 Å². The third kappa shape index (κ3) is 4.44. The van der Waals surface area contributed by atoms with E-state index >= 15 is 0 Å². The molecule has 0 spiro atoms. The molecule has 5 heteroatoms. The van der Waals surface area contributed by atoms with Gasteiger partial charge < -0.3 is 4.74 Å². The number of benzene rings is 3. The molecule has 0 saturated carbocycles. The van der Waals surface area contributed by atoms with Crippen LogP contribution in [0.3, 0.4) is 0 Å². The lowest BCUT2D eigenvalue weighted by Crippen LogP contribution is -2.21. The van der Waals surface area contributed by atoms with Crippen LogP contribution in [0.5, 0.6) is 0 Å². The van der Waals surface area contributed by atoms with Gasteiger partial charge in [-0.15, -0.1) is 0 Å². The highest BCUT2D eigenvalue weighted by atomic mass is 35.5. The number of hydrogen-bond donors (Lipinski definition) is 0. The van der Waals surface area contributed by atoms with E-state index in [0.29, 0.717) is 11.1 Å². The topological polar surface area (TPSA) is 43.4 Å². The van der Waals surface area contributed by atoms with E-state index in [-0.39, 0.29) is 21.4 Å². The molecule has 0 N–H and O–H groups in total. The molecule has 0 aliphatic rings. The molecule has 0 radical (unpaired) electrons. The Morgan fingerprint density at radius 3 is 1.82 bits per heavy atom. The van der Waals surface area contributed by atoms with Crippen molar-refractivity contribution in [1.82, 2.24) is 0 Å². The fourth-order valence-corrected chi connectivity index (χ4v) is 3.29.